The Hall–Kier alpha value is -1.91. The van der Waals surface area contributed by atoms with Gasteiger partial charge in [-0.1, -0.05) is 18.9 Å². The standard InChI is InChI=1S/C16H23N3O2/c20-15(18-10-7-13-4-3-9-17-12-13)8-11-19-16(21)14-5-1-2-6-14/h3-4,9,12,14H,1-2,5-8,10-11H2,(H,18,20)(H,19,21). The Morgan fingerprint density at radius 2 is 2.00 bits per heavy atom. The van der Waals surface area contributed by atoms with Crippen molar-refractivity contribution in [3.8, 4) is 0 Å². The van der Waals surface area contributed by atoms with Crippen LogP contribution >= 0.6 is 0 Å². The lowest BCUT2D eigenvalue weighted by molar-refractivity contribution is -0.125. The van der Waals surface area contributed by atoms with Crippen LogP contribution in [0.25, 0.3) is 0 Å². The second kappa shape index (κ2) is 8.39. The van der Waals surface area contributed by atoms with Gasteiger partial charge < -0.3 is 10.6 Å². The molecule has 21 heavy (non-hydrogen) atoms. The molecule has 1 aliphatic carbocycles. The topological polar surface area (TPSA) is 71.1 Å². The maximum atomic E-state index is 11.8. The third-order valence-electron chi connectivity index (χ3n) is 3.84. The molecule has 1 aromatic heterocycles. The zero-order valence-corrected chi connectivity index (χ0v) is 12.3. The van der Waals surface area contributed by atoms with E-state index in [0.29, 0.717) is 19.5 Å². The molecule has 0 unspecified atom stereocenters. The number of amides is 2. The molecule has 0 atom stereocenters. The van der Waals surface area contributed by atoms with Gasteiger partial charge in [0.05, 0.1) is 0 Å². The highest BCUT2D eigenvalue weighted by atomic mass is 16.2. The largest absolute Gasteiger partial charge is 0.356 e. The quantitative estimate of drug-likeness (QED) is 0.798. The summed E-state index contributed by atoms with van der Waals surface area (Å²) in [5.74, 6) is 0.250. The average molecular weight is 289 g/mol. The van der Waals surface area contributed by atoms with Crippen LogP contribution in [0.2, 0.25) is 0 Å². The van der Waals surface area contributed by atoms with Crippen LogP contribution in [0.1, 0.15) is 37.7 Å². The van der Waals surface area contributed by atoms with E-state index in [1.165, 1.54) is 0 Å². The van der Waals surface area contributed by atoms with Gasteiger partial charge in [0.2, 0.25) is 11.8 Å². The summed E-state index contributed by atoms with van der Waals surface area (Å²) < 4.78 is 0. The Balaban J connectivity index is 1.54. The maximum absolute atomic E-state index is 11.8. The molecule has 1 aromatic rings. The van der Waals surface area contributed by atoms with Crippen LogP contribution in [0.5, 0.6) is 0 Å². The molecule has 114 valence electrons. The number of nitrogens with one attached hydrogen (secondary N) is 2. The van der Waals surface area contributed by atoms with Crippen molar-refractivity contribution in [2.45, 2.75) is 38.5 Å². The van der Waals surface area contributed by atoms with Gasteiger partial charge >= 0.3 is 0 Å². The molecule has 1 fully saturated rings. The second-order valence-electron chi connectivity index (χ2n) is 5.48. The van der Waals surface area contributed by atoms with Crippen molar-refractivity contribution in [1.82, 2.24) is 15.6 Å². The van der Waals surface area contributed by atoms with E-state index >= 15 is 0 Å². The number of rotatable bonds is 7. The van der Waals surface area contributed by atoms with Crippen LogP contribution in [-0.2, 0) is 16.0 Å². The molecule has 1 aliphatic rings. The molecule has 0 bridgehead atoms. The highest BCUT2D eigenvalue weighted by Gasteiger charge is 2.22. The molecule has 2 N–H and O–H groups in total. The Morgan fingerprint density at radius 1 is 1.19 bits per heavy atom. The Morgan fingerprint density at radius 3 is 2.71 bits per heavy atom. The van der Waals surface area contributed by atoms with Crippen molar-refractivity contribution in [2.75, 3.05) is 13.1 Å². The fourth-order valence-electron chi connectivity index (χ4n) is 2.61. The van der Waals surface area contributed by atoms with Gasteiger partial charge in [-0.05, 0) is 30.9 Å². The van der Waals surface area contributed by atoms with Gasteiger partial charge in [0, 0.05) is 37.8 Å². The number of hydrogen-bond acceptors (Lipinski definition) is 3. The molecule has 5 heteroatoms. The van der Waals surface area contributed by atoms with Gasteiger partial charge in [-0.25, -0.2) is 0 Å². The molecule has 0 radical (unpaired) electrons. The van der Waals surface area contributed by atoms with Crippen LogP contribution in [0, 0.1) is 5.92 Å². The second-order valence-corrected chi connectivity index (χ2v) is 5.48. The van der Waals surface area contributed by atoms with E-state index in [2.05, 4.69) is 15.6 Å². The minimum Gasteiger partial charge on any atom is -0.356 e. The summed E-state index contributed by atoms with van der Waals surface area (Å²) in [7, 11) is 0. The summed E-state index contributed by atoms with van der Waals surface area (Å²) in [5.41, 5.74) is 1.10. The summed E-state index contributed by atoms with van der Waals surface area (Å²) in [4.78, 5) is 27.5. The van der Waals surface area contributed by atoms with E-state index in [4.69, 9.17) is 0 Å². The molecule has 1 saturated carbocycles. The molecule has 0 aromatic carbocycles. The maximum Gasteiger partial charge on any atom is 0.223 e. The smallest absolute Gasteiger partial charge is 0.223 e. The van der Waals surface area contributed by atoms with E-state index < -0.39 is 0 Å². The summed E-state index contributed by atoms with van der Waals surface area (Å²) in [6, 6.07) is 3.87. The molecule has 5 nitrogen and oxygen atoms in total. The van der Waals surface area contributed by atoms with Gasteiger partial charge in [0.25, 0.3) is 0 Å². The first-order chi connectivity index (χ1) is 10.3. The summed E-state index contributed by atoms with van der Waals surface area (Å²) in [6.45, 7) is 1.02. The van der Waals surface area contributed by atoms with E-state index in [0.717, 1.165) is 37.7 Å². The number of nitrogens with zero attached hydrogens (tertiary/aromatic N) is 1. The first kappa shape index (κ1) is 15.5. The molecule has 0 saturated heterocycles. The van der Waals surface area contributed by atoms with E-state index in [1.807, 2.05) is 12.1 Å². The molecule has 0 spiro atoms. The summed E-state index contributed by atoms with van der Waals surface area (Å²) in [6.07, 6.45) is 8.91. The zero-order valence-electron chi connectivity index (χ0n) is 12.3. The van der Waals surface area contributed by atoms with Crippen molar-refractivity contribution >= 4 is 11.8 Å². The van der Waals surface area contributed by atoms with E-state index in [9.17, 15) is 9.59 Å². The van der Waals surface area contributed by atoms with Crippen molar-refractivity contribution in [3.05, 3.63) is 30.1 Å². The van der Waals surface area contributed by atoms with Gasteiger partial charge in [0.1, 0.15) is 0 Å². The Bertz CT molecular complexity index is 456. The van der Waals surface area contributed by atoms with Crippen LogP contribution in [0.15, 0.2) is 24.5 Å². The first-order valence-corrected chi connectivity index (χ1v) is 7.69. The fraction of sp³-hybridized carbons (Fsp3) is 0.562. The Labute approximate surface area is 125 Å². The number of aromatic nitrogens is 1. The lowest BCUT2D eigenvalue weighted by Gasteiger charge is -2.10. The molecule has 1 heterocycles. The Kier molecular flexibility index (Phi) is 6.19. The lowest BCUT2D eigenvalue weighted by atomic mass is 10.1. The number of carbonyl (C=O) groups excluding carboxylic acids is 2. The summed E-state index contributed by atoms with van der Waals surface area (Å²) >= 11 is 0. The van der Waals surface area contributed by atoms with Crippen molar-refractivity contribution < 1.29 is 9.59 Å². The normalized spacial score (nSPS) is 14.9. The highest BCUT2D eigenvalue weighted by molar-refractivity contribution is 5.80. The van der Waals surface area contributed by atoms with E-state index in [1.54, 1.807) is 12.4 Å². The van der Waals surface area contributed by atoms with Gasteiger partial charge in [-0.3, -0.25) is 14.6 Å². The number of hydrogen-bond donors (Lipinski definition) is 2. The molecule has 0 aliphatic heterocycles. The first-order valence-electron chi connectivity index (χ1n) is 7.69. The van der Waals surface area contributed by atoms with Crippen LogP contribution in [0.3, 0.4) is 0 Å². The lowest BCUT2D eigenvalue weighted by Crippen LogP contribution is -2.34. The monoisotopic (exact) mass is 289 g/mol. The van der Waals surface area contributed by atoms with Crippen LogP contribution < -0.4 is 10.6 Å². The molecule has 2 rings (SSSR count). The fourth-order valence-corrected chi connectivity index (χ4v) is 2.61. The van der Waals surface area contributed by atoms with Crippen LogP contribution in [-0.4, -0.2) is 29.9 Å². The van der Waals surface area contributed by atoms with Gasteiger partial charge in [0.15, 0.2) is 0 Å². The minimum absolute atomic E-state index is 0.0226. The van der Waals surface area contributed by atoms with Crippen LogP contribution in [0.4, 0.5) is 0 Å². The summed E-state index contributed by atoms with van der Waals surface area (Å²) in [5, 5.41) is 5.71. The SMILES string of the molecule is O=C(CCNC(=O)C1CCCC1)NCCc1cccnc1. The predicted octanol–water partition coefficient (Wildman–Crippen LogP) is 1.44. The van der Waals surface area contributed by atoms with Gasteiger partial charge in [-0.2, -0.15) is 0 Å². The van der Waals surface area contributed by atoms with Crippen molar-refractivity contribution in [2.24, 2.45) is 5.92 Å². The zero-order chi connectivity index (χ0) is 14.9. The highest BCUT2D eigenvalue weighted by Crippen LogP contribution is 2.24. The van der Waals surface area contributed by atoms with Crippen molar-refractivity contribution in [3.63, 3.8) is 0 Å². The number of pyridine rings is 1. The average Bonchev–Trinajstić information content (AvgIpc) is 3.02. The third kappa shape index (κ3) is 5.53. The predicted molar refractivity (Wildman–Crippen MR) is 80.5 cm³/mol. The molecule has 2 amide bonds. The molecular weight excluding hydrogens is 266 g/mol. The van der Waals surface area contributed by atoms with Crippen molar-refractivity contribution in [1.29, 1.82) is 0 Å². The minimum atomic E-state index is -0.0226. The number of carbonyl (C=O) groups is 2. The van der Waals surface area contributed by atoms with Gasteiger partial charge in [-0.15, -0.1) is 0 Å². The third-order valence-corrected chi connectivity index (χ3v) is 3.84. The van der Waals surface area contributed by atoms with E-state index in [-0.39, 0.29) is 17.7 Å². The molecular formula is C16H23N3O2.